The van der Waals surface area contributed by atoms with Gasteiger partial charge in [0.1, 0.15) is 0 Å². The zero-order valence-corrected chi connectivity index (χ0v) is 12.4. The van der Waals surface area contributed by atoms with Gasteiger partial charge in [0.2, 0.25) is 0 Å². The van der Waals surface area contributed by atoms with Crippen molar-refractivity contribution < 1.29 is 9.47 Å². The summed E-state index contributed by atoms with van der Waals surface area (Å²) in [4.78, 5) is 2.44. The van der Waals surface area contributed by atoms with E-state index in [0.717, 1.165) is 44.0 Å². The maximum atomic E-state index is 6.20. The normalized spacial score (nSPS) is 20.3. The van der Waals surface area contributed by atoms with E-state index < -0.39 is 0 Å². The molecular formula is C15H22ClNO2. The molecule has 1 atom stereocenters. The van der Waals surface area contributed by atoms with E-state index in [1.165, 1.54) is 12.0 Å². The molecule has 1 aromatic carbocycles. The van der Waals surface area contributed by atoms with Crippen LogP contribution in [0.1, 0.15) is 18.4 Å². The first kappa shape index (κ1) is 14.5. The van der Waals surface area contributed by atoms with Gasteiger partial charge in [-0.2, -0.15) is 0 Å². The van der Waals surface area contributed by atoms with E-state index in [1.54, 1.807) is 14.2 Å². The van der Waals surface area contributed by atoms with Crippen LogP contribution in [0.15, 0.2) is 18.2 Å². The van der Waals surface area contributed by atoms with Crippen molar-refractivity contribution in [3.05, 3.63) is 23.8 Å². The van der Waals surface area contributed by atoms with Gasteiger partial charge in [0.15, 0.2) is 11.5 Å². The molecule has 2 rings (SSSR count). The van der Waals surface area contributed by atoms with Gasteiger partial charge < -0.3 is 14.4 Å². The lowest BCUT2D eigenvalue weighted by Crippen LogP contribution is -2.37. The van der Waals surface area contributed by atoms with Crippen LogP contribution in [0.4, 0.5) is 0 Å². The largest absolute Gasteiger partial charge is 0.493 e. The number of likely N-dealkylation sites (tertiary alicyclic amines) is 1. The second-order valence-electron chi connectivity index (χ2n) is 4.98. The molecule has 4 heteroatoms. The summed E-state index contributed by atoms with van der Waals surface area (Å²) in [7, 11) is 3.33. The molecule has 106 valence electrons. The molecule has 0 bridgehead atoms. The lowest BCUT2D eigenvalue weighted by atomic mass is 10.1. The number of hydrogen-bond donors (Lipinski definition) is 0. The van der Waals surface area contributed by atoms with Crippen LogP contribution in [0.3, 0.4) is 0 Å². The third-order valence-corrected chi connectivity index (χ3v) is 3.97. The maximum Gasteiger partial charge on any atom is 0.160 e. The van der Waals surface area contributed by atoms with Crippen molar-refractivity contribution in [2.45, 2.75) is 24.6 Å². The smallest absolute Gasteiger partial charge is 0.160 e. The fourth-order valence-corrected chi connectivity index (χ4v) is 2.88. The zero-order valence-electron chi connectivity index (χ0n) is 11.7. The molecule has 1 aromatic rings. The maximum absolute atomic E-state index is 6.20. The van der Waals surface area contributed by atoms with Crippen molar-refractivity contribution >= 4 is 11.6 Å². The average molecular weight is 284 g/mol. The summed E-state index contributed by atoms with van der Waals surface area (Å²) < 4.78 is 10.6. The lowest BCUT2D eigenvalue weighted by Gasteiger charge is -2.29. The number of rotatable bonds is 5. The van der Waals surface area contributed by atoms with Crippen molar-refractivity contribution in [1.82, 2.24) is 4.90 Å². The topological polar surface area (TPSA) is 21.7 Å². The molecule has 0 N–H and O–H groups in total. The van der Waals surface area contributed by atoms with Gasteiger partial charge in [0.05, 0.1) is 14.2 Å². The van der Waals surface area contributed by atoms with Gasteiger partial charge in [-0.25, -0.2) is 0 Å². The molecule has 1 heterocycles. The van der Waals surface area contributed by atoms with E-state index in [9.17, 15) is 0 Å². The Balaban J connectivity index is 1.92. The van der Waals surface area contributed by atoms with E-state index in [0.29, 0.717) is 5.38 Å². The minimum absolute atomic E-state index is 0.319. The highest BCUT2D eigenvalue weighted by Crippen LogP contribution is 2.27. The zero-order chi connectivity index (χ0) is 13.7. The Hall–Kier alpha value is -0.930. The molecule has 1 aliphatic rings. The summed E-state index contributed by atoms with van der Waals surface area (Å²) in [5.41, 5.74) is 1.27. The second kappa shape index (κ2) is 7.01. The predicted molar refractivity (Wildman–Crippen MR) is 78.6 cm³/mol. The molecule has 0 saturated carbocycles. The molecule has 0 radical (unpaired) electrons. The van der Waals surface area contributed by atoms with Gasteiger partial charge in [0, 0.05) is 18.5 Å². The number of benzene rings is 1. The minimum atomic E-state index is 0.319. The first-order valence-corrected chi connectivity index (χ1v) is 7.24. The Morgan fingerprint density at radius 1 is 1.26 bits per heavy atom. The summed E-state index contributed by atoms with van der Waals surface area (Å²) in [5, 5.41) is 0.319. The molecule has 1 fully saturated rings. The number of nitrogens with zero attached hydrogens (tertiary/aromatic N) is 1. The van der Waals surface area contributed by atoms with E-state index in [2.05, 4.69) is 17.0 Å². The standard InChI is InChI=1S/C15H22ClNO2/c1-18-14-6-5-12(10-15(14)19-2)7-9-17-8-3-4-13(16)11-17/h5-6,10,13H,3-4,7-9,11H2,1-2H3/t13-/m0/s1. The molecule has 19 heavy (non-hydrogen) atoms. The van der Waals surface area contributed by atoms with Crippen molar-refractivity contribution in [2.24, 2.45) is 0 Å². The number of ether oxygens (including phenoxy) is 2. The molecule has 1 aliphatic heterocycles. The SMILES string of the molecule is COc1ccc(CCN2CCC[C@H](Cl)C2)cc1OC. The number of alkyl halides is 1. The summed E-state index contributed by atoms with van der Waals surface area (Å²) in [6, 6.07) is 6.12. The van der Waals surface area contributed by atoms with Crippen LogP contribution in [0, 0.1) is 0 Å². The highest BCUT2D eigenvalue weighted by molar-refractivity contribution is 6.20. The summed E-state index contributed by atoms with van der Waals surface area (Å²) in [6.07, 6.45) is 3.37. The monoisotopic (exact) mass is 283 g/mol. The van der Waals surface area contributed by atoms with Gasteiger partial charge in [-0.05, 0) is 43.5 Å². The van der Waals surface area contributed by atoms with E-state index in [-0.39, 0.29) is 0 Å². The fraction of sp³-hybridized carbons (Fsp3) is 0.600. The third-order valence-electron chi connectivity index (χ3n) is 3.61. The van der Waals surface area contributed by atoms with Gasteiger partial charge in [-0.3, -0.25) is 0 Å². The molecule has 3 nitrogen and oxygen atoms in total. The van der Waals surface area contributed by atoms with Gasteiger partial charge in [-0.15, -0.1) is 11.6 Å². The Morgan fingerprint density at radius 2 is 2.05 bits per heavy atom. The molecule has 0 aromatic heterocycles. The van der Waals surface area contributed by atoms with Crippen LogP contribution in [-0.4, -0.2) is 44.1 Å². The average Bonchev–Trinajstić information content (AvgIpc) is 2.45. The van der Waals surface area contributed by atoms with Crippen LogP contribution in [0.25, 0.3) is 0 Å². The number of piperidine rings is 1. The first-order valence-electron chi connectivity index (χ1n) is 6.80. The van der Waals surface area contributed by atoms with Gasteiger partial charge in [0.25, 0.3) is 0 Å². The van der Waals surface area contributed by atoms with Crippen LogP contribution >= 0.6 is 11.6 Å². The Bertz CT molecular complexity index is 411. The van der Waals surface area contributed by atoms with Crippen LogP contribution in [0.2, 0.25) is 0 Å². The first-order chi connectivity index (χ1) is 9.22. The summed E-state index contributed by atoms with van der Waals surface area (Å²) in [5.74, 6) is 1.58. The highest BCUT2D eigenvalue weighted by Gasteiger charge is 2.17. The summed E-state index contributed by atoms with van der Waals surface area (Å²) >= 11 is 6.20. The molecule has 0 spiro atoms. The number of methoxy groups -OCH3 is 2. The number of hydrogen-bond acceptors (Lipinski definition) is 3. The molecule has 0 aliphatic carbocycles. The van der Waals surface area contributed by atoms with E-state index in [4.69, 9.17) is 21.1 Å². The van der Waals surface area contributed by atoms with Crippen molar-refractivity contribution in [1.29, 1.82) is 0 Å². The van der Waals surface area contributed by atoms with Crippen LogP contribution in [-0.2, 0) is 6.42 Å². The Kier molecular flexibility index (Phi) is 5.34. The predicted octanol–water partition coefficient (Wildman–Crippen LogP) is 2.95. The fourth-order valence-electron chi connectivity index (χ4n) is 2.53. The second-order valence-corrected chi connectivity index (χ2v) is 5.60. The van der Waals surface area contributed by atoms with Gasteiger partial charge in [-0.1, -0.05) is 6.07 Å². The van der Waals surface area contributed by atoms with Crippen molar-refractivity contribution in [2.75, 3.05) is 33.9 Å². The molecule has 1 saturated heterocycles. The van der Waals surface area contributed by atoms with Crippen molar-refractivity contribution in [3.8, 4) is 11.5 Å². The Labute approximate surface area is 120 Å². The van der Waals surface area contributed by atoms with E-state index in [1.807, 2.05) is 6.07 Å². The minimum Gasteiger partial charge on any atom is -0.493 e. The third kappa shape index (κ3) is 4.02. The molecule has 0 amide bonds. The van der Waals surface area contributed by atoms with E-state index >= 15 is 0 Å². The van der Waals surface area contributed by atoms with Gasteiger partial charge >= 0.3 is 0 Å². The van der Waals surface area contributed by atoms with Crippen molar-refractivity contribution in [3.63, 3.8) is 0 Å². The van der Waals surface area contributed by atoms with Crippen LogP contribution in [0.5, 0.6) is 11.5 Å². The number of halogens is 1. The summed E-state index contributed by atoms with van der Waals surface area (Å²) in [6.45, 7) is 3.23. The Morgan fingerprint density at radius 3 is 2.74 bits per heavy atom. The lowest BCUT2D eigenvalue weighted by molar-refractivity contribution is 0.234. The quantitative estimate of drug-likeness (QED) is 0.776. The molecule has 0 unspecified atom stereocenters. The molecular weight excluding hydrogens is 262 g/mol. The highest BCUT2D eigenvalue weighted by atomic mass is 35.5. The van der Waals surface area contributed by atoms with Crippen LogP contribution < -0.4 is 9.47 Å².